The number of fused-ring (bicyclic) bond motifs is 3. The Morgan fingerprint density at radius 2 is 0.870 bits per heavy atom. The summed E-state index contributed by atoms with van der Waals surface area (Å²) in [6.45, 7) is 17.5. The Bertz CT molecular complexity index is 3210. The zero-order valence-corrected chi connectivity index (χ0v) is 43.4. The Labute approximate surface area is 433 Å². The molecule has 4 heterocycles. The first-order valence-corrected chi connectivity index (χ1v) is 22.5. The van der Waals surface area contributed by atoms with Crippen LogP contribution in [0.3, 0.4) is 0 Å². The quantitative estimate of drug-likeness (QED) is 0.106. The average molecular weight is 1170 g/mol. The number of hydrogen-bond donors (Lipinski definition) is 0. The zero-order chi connectivity index (χ0) is 46.5. The van der Waals surface area contributed by atoms with E-state index in [1.807, 2.05) is 53.1 Å². The molecule has 0 amide bonds. The molecule has 0 saturated carbocycles. The maximum absolute atomic E-state index is 6.90. The van der Waals surface area contributed by atoms with Crippen molar-refractivity contribution in [2.75, 3.05) is 0 Å². The molecular formula is C60H49N5O2PdPt. The normalized spacial score (nSPS) is 11.5. The molecule has 9 heteroatoms. The fraction of sp³-hybridized carbons (Fsp3) is 0.167. The summed E-state index contributed by atoms with van der Waals surface area (Å²) in [6, 6.07) is 57.6. The molecule has 69 heavy (non-hydrogen) atoms. The fourth-order valence-corrected chi connectivity index (χ4v) is 8.61. The number of ether oxygens (including phenoxy) is 2. The minimum absolute atomic E-state index is 0. The van der Waals surface area contributed by atoms with Crippen LogP contribution in [0.5, 0.6) is 23.0 Å². The minimum atomic E-state index is 0. The van der Waals surface area contributed by atoms with Crippen molar-refractivity contribution in [3.05, 3.63) is 199 Å². The third-order valence-electron chi connectivity index (χ3n) is 12.1. The first-order chi connectivity index (χ1) is 32.3. The summed E-state index contributed by atoms with van der Waals surface area (Å²) in [7, 11) is 0. The maximum Gasteiger partial charge on any atom is 2.00 e. The van der Waals surface area contributed by atoms with Gasteiger partial charge in [0.15, 0.2) is 0 Å². The van der Waals surface area contributed by atoms with Crippen LogP contribution in [0.25, 0.3) is 72.5 Å². The molecule has 0 aliphatic carbocycles. The van der Waals surface area contributed by atoms with Crippen LogP contribution in [0, 0.1) is 38.1 Å². The van der Waals surface area contributed by atoms with E-state index in [0.717, 1.165) is 77.7 Å². The summed E-state index contributed by atoms with van der Waals surface area (Å²) in [6.07, 6.45) is 7.05. The van der Waals surface area contributed by atoms with E-state index in [4.69, 9.17) is 19.4 Å². The maximum atomic E-state index is 6.90. The van der Waals surface area contributed by atoms with Gasteiger partial charge >= 0.3 is 41.5 Å². The molecule has 10 aromatic rings. The monoisotopic (exact) mass is 1170 g/mol. The summed E-state index contributed by atoms with van der Waals surface area (Å²) in [5.41, 5.74) is 13.3. The standard InChI is InChI=1S/C60H49N5O2.Pd.Pt/c1-38-32-42(50-14-9-11-28-61-50)34-54(56(38)40-16-20-44(21-17-40)59(3,4)5)66-46-24-26-48-49-27-25-47(37-53(49)65(52(48)36-46)58-63-30-13-31-64-58)67-55-35-43(51-15-10-12-29-62-51)33-39(2)57(55)41-18-22-45(23-19-41)60(6,7)8;;/h9-33H,1-8H3;;/q-4;2*+2. The minimum Gasteiger partial charge on any atom is -0.502 e. The van der Waals surface area contributed by atoms with Gasteiger partial charge in [0.2, 0.25) is 5.95 Å². The van der Waals surface area contributed by atoms with E-state index in [2.05, 4.69) is 162 Å². The van der Waals surface area contributed by atoms with Crippen molar-refractivity contribution < 1.29 is 51.0 Å². The van der Waals surface area contributed by atoms with Gasteiger partial charge in [-0.3, -0.25) is 0 Å². The van der Waals surface area contributed by atoms with Crippen molar-refractivity contribution >= 4 is 21.8 Å². The summed E-state index contributed by atoms with van der Waals surface area (Å²) in [4.78, 5) is 18.7. The number of benzene rings is 6. The van der Waals surface area contributed by atoms with E-state index >= 15 is 0 Å². The average Bonchev–Trinajstić information content (AvgIpc) is 3.64. The third-order valence-corrected chi connectivity index (χ3v) is 12.1. The van der Waals surface area contributed by atoms with Gasteiger partial charge in [-0.15, -0.1) is 58.7 Å². The van der Waals surface area contributed by atoms with Crippen LogP contribution in [0.1, 0.15) is 63.8 Å². The van der Waals surface area contributed by atoms with E-state index < -0.39 is 0 Å². The Morgan fingerprint density at radius 1 is 0.464 bits per heavy atom. The number of hydrogen-bond acceptors (Lipinski definition) is 6. The first kappa shape index (κ1) is 48.9. The van der Waals surface area contributed by atoms with E-state index in [-0.39, 0.29) is 52.3 Å². The molecule has 0 unspecified atom stereocenters. The molecule has 4 aromatic heterocycles. The SMILES string of the molecule is Cc1cc(-c2ccccn2)[c-]c(Oc2[c-]c3c(cc2)c2ccc(Oc4[c-]c(-c5ccccn5)cc(C)c4-c4ccc(C(C)(C)C)cc4)[c-]c2n3-c2ncccn2)c1-c1ccc(C(C)(C)C)cc1.[Pd+2].[Pt+2]. The van der Waals surface area contributed by atoms with Crippen LogP contribution in [0.4, 0.5) is 0 Å². The second-order valence-corrected chi connectivity index (χ2v) is 19.0. The van der Waals surface area contributed by atoms with Crippen LogP contribution in [-0.2, 0) is 52.3 Å². The summed E-state index contributed by atoms with van der Waals surface area (Å²) in [5, 5.41) is 1.86. The van der Waals surface area contributed by atoms with Crippen LogP contribution in [-0.4, -0.2) is 24.5 Å². The number of pyridine rings is 2. The van der Waals surface area contributed by atoms with Crippen molar-refractivity contribution in [3.8, 4) is 73.7 Å². The Morgan fingerprint density at radius 3 is 1.25 bits per heavy atom. The molecular weight excluding hydrogens is 1120 g/mol. The van der Waals surface area contributed by atoms with Crippen molar-refractivity contribution in [2.24, 2.45) is 0 Å². The van der Waals surface area contributed by atoms with Gasteiger partial charge in [-0.2, -0.15) is 22.9 Å². The second kappa shape index (κ2) is 19.8. The van der Waals surface area contributed by atoms with Gasteiger partial charge in [0.25, 0.3) is 0 Å². The van der Waals surface area contributed by atoms with Crippen LogP contribution >= 0.6 is 0 Å². The fourth-order valence-electron chi connectivity index (χ4n) is 8.61. The number of aryl methyl sites for hydroxylation is 2. The van der Waals surface area contributed by atoms with Crippen molar-refractivity contribution in [1.82, 2.24) is 24.5 Å². The summed E-state index contributed by atoms with van der Waals surface area (Å²) < 4.78 is 15.8. The number of nitrogens with zero attached hydrogens (tertiary/aromatic N) is 5. The predicted octanol–water partition coefficient (Wildman–Crippen LogP) is 15.0. The van der Waals surface area contributed by atoms with Gasteiger partial charge in [0, 0.05) is 47.8 Å². The largest absolute Gasteiger partial charge is 2.00 e. The molecule has 0 radical (unpaired) electrons. The van der Waals surface area contributed by atoms with Gasteiger partial charge in [-0.05, 0) is 51.5 Å². The van der Waals surface area contributed by atoms with E-state index in [1.54, 1.807) is 30.9 Å². The molecule has 0 N–H and O–H groups in total. The molecule has 0 aliphatic heterocycles. The van der Waals surface area contributed by atoms with Gasteiger partial charge in [-0.1, -0.05) is 174 Å². The van der Waals surface area contributed by atoms with E-state index in [9.17, 15) is 0 Å². The van der Waals surface area contributed by atoms with Crippen LogP contribution < -0.4 is 9.47 Å². The van der Waals surface area contributed by atoms with Crippen molar-refractivity contribution in [1.29, 1.82) is 0 Å². The molecule has 0 atom stereocenters. The molecule has 0 spiro atoms. The molecule has 7 nitrogen and oxygen atoms in total. The smallest absolute Gasteiger partial charge is 0.502 e. The van der Waals surface area contributed by atoms with Crippen molar-refractivity contribution in [3.63, 3.8) is 0 Å². The molecule has 346 valence electrons. The van der Waals surface area contributed by atoms with Gasteiger partial charge in [-0.25, -0.2) is 9.97 Å². The van der Waals surface area contributed by atoms with Gasteiger partial charge < -0.3 is 24.0 Å². The van der Waals surface area contributed by atoms with E-state index in [0.29, 0.717) is 28.9 Å². The third kappa shape index (κ3) is 9.99. The molecule has 0 fully saturated rings. The molecule has 0 bridgehead atoms. The topological polar surface area (TPSA) is 75.0 Å². The summed E-state index contributed by atoms with van der Waals surface area (Å²) in [5.74, 6) is 2.61. The summed E-state index contributed by atoms with van der Waals surface area (Å²) >= 11 is 0. The van der Waals surface area contributed by atoms with Crippen molar-refractivity contribution in [2.45, 2.75) is 66.2 Å². The number of rotatable bonds is 9. The Kier molecular flexibility index (Phi) is 14.0. The molecule has 0 aliphatic rings. The predicted molar refractivity (Wildman–Crippen MR) is 269 cm³/mol. The molecule has 10 rings (SSSR count). The van der Waals surface area contributed by atoms with Gasteiger partial charge in [0.05, 0.1) is 0 Å². The van der Waals surface area contributed by atoms with Gasteiger partial charge in [0.1, 0.15) is 0 Å². The Hall–Kier alpha value is -6.55. The van der Waals surface area contributed by atoms with Crippen LogP contribution in [0.15, 0.2) is 152 Å². The second-order valence-electron chi connectivity index (χ2n) is 19.0. The number of aromatic nitrogens is 5. The Balaban J connectivity index is 0.00000321. The first-order valence-electron chi connectivity index (χ1n) is 22.5. The molecule has 6 aromatic carbocycles. The van der Waals surface area contributed by atoms with Crippen LogP contribution in [0.2, 0.25) is 0 Å². The zero-order valence-electron chi connectivity index (χ0n) is 39.6. The van der Waals surface area contributed by atoms with E-state index in [1.165, 1.54) is 11.1 Å². The molecule has 0 saturated heterocycles.